The van der Waals surface area contributed by atoms with Crippen molar-refractivity contribution in [1.29, 1.82) is 0 Å². The third-order valence-electron chi connectivity index (χ3n) is 6.82. The minimum atomic E-state index is -0.579. The molecule has 1 heterocycles. The van der Waals surface area contributed by atoms with Crippen molar-refractivity contribution in [3.63, 3.8) is 0 Å². The first-order valence-electron chi connectivity index (χ1n) is 11.6. The van der Waals surface area contributed by atoms with Crippen molar-refractivity contribution in [3.05, 3.63) is 62.7 Å². The Labute approximate surface area is 208 Å². The Kier molecular flexibility index (Phi) is 7.07. The molecule has 10 heteroatoms. The molecular weight excluding hydrogens is 472 g/mol. The van der Waals surface area contributed by atoms with Gasteiger partial charge in [-0.15, -0.1) is 0 Å². The number of nitro groups is 1. The van der Waals surface area contributed by atoms with E-state index in [0.29, 0.717) is 16.6 Å². The minimum absolute atomic E-state index is 0.113. The molecule has 1 saturated heterocycles. The average Bonchev–Trinajstić information content (AvgIpc) is 3.05. The van der Waals surface area contributed by atoms with Crippen LogP contribution < -0.4 is 10.6 Å². The zero-order valence-corrected chi connectivity index (χ0v) is 20.3. The van der Waals surface area contributed by atoms with Gasteiger partial charge >= 0.3 is 0 Å². The van der Waals surface area contributed by atoms with Crippen LogP contribution in [0, 0.1) is 34.8 Å². The van der Waals surface area contributed by atoms with Crippen LogP contribution in [0.3, 0.4) is 0 Å². The summed E-state index contributed by atoms with van der Waals surface area (Å²) < 4.78 is 0. The van der Waals surface area contributed by atoms with E-state index in [1.165, 1.54) is 23.1 Å². The van der Waals surface area contributed by atoms with Gasteiger partial charge in [0.15, 0.2) is 0 Å². The lowest BCUT2D eigenvalue weighted by Crippen LogP contribution is -2.35. The summed E-state index contributed by atoms with van der Waals surface area (Å²) in [7, 11) is 0. The van der Waals surface area contributed by atoms with Gasteiger partial charge in [0.25, 0.3) is 11.6 Å². The van der Waals surface area contributed by atoms with Gasteiger partial charge < -0.3 is 10.6 Å². The zero-order valence-electron chi connectivity index (χ0n) is 19.5. The summed E-state index contributed by atoms with van der Waals surface area (Å²) in [5.74, 6) is -0.870. The first kappa shape index (κ1) is 24.7. The summed E-state index contributed by atoms with van der Waals surface area (Å²) in [6.07, 6.45) is 2.39. The standard InChI is InChI=1S/C25H27ClN4O5/c1-14-3-7-18-19(11-14)25(33)29(24(18)32)10-9-27-21-8-5-16(12-22(21)30(34)35)23(31)28-17-6-4-15(2)20(26)13-17/h4-6,8,12-14,18-19,27H,3,7,9-11H2,1-2H3,(H,28,31). The second kappa shape index (κ2) is 10.0. The van der Waals surface area contributed by atoms with Crippen LogP contribution in [0.5, 0.6) is 0 Å². The number of amides is 3. The molecule has 1 saturated carbocycles. The van der Waals surface area contributed by atoms with Crippen molar-refractivity contribution in [2.75, 3.05) is 23.7 Å². The molecule has 9 nitrogen and oxygen atoms in total. The van der Waals surface area contributed by atoms with Gasteiger partial charge in [0, 0.05) is 35.4 Å². The Morgan fingerprint density at radius 1 is 1.14 bits per heavy atom. The lowest BCUT2D eigenvalue weighted by Gasteiger charge is -2.25. The van der Waals surface area contributed by atoms with E-state index >= 15 is 0 Å². The van der Waals surface area contributed by atoms with E-state index in [9.17, 15) is 24.5 Å². The molecule has 2 N–H and O–H groups in total. The minimum Gasteiger partial charge on any atom is -0.378 e. The van der Waals surface area contributed by atoms with Gasteiger partial charge in [-0.1, -0.05) is 24.6 Å². The molecule has 2 aliphatic rings. The van der Waals surface area contributed by atoms with Gasteiger partial charge in [0.2, 0.25) is 11.8 Å². The smallest absolute Gasteiger partial charge is 0.293 e. The highest BCUT2D eigenvalue weighted by Gasteiger charge is 2.49. The molecule has 0 bridgehead atoms. The molecule has 2 fully saturated rings. The van der Waals surface area contributed by atoms with Crippen molar-refractivity contribution >= 4 is 46.4 Å². The highest BCUT2D eigenvalue weighted by molar-refractivity contribution is 6.31. The van der Waals surface area contributed by atoms with Crippen LogP contribution >= 0.6 is 11.6 Å². The number of anilines is 2. The number of nitrogens with one attached hydrogen (secondary N) is 2. The summed E-state index contributed by atoms with van der Waals surface area (Å²) in [6, 6.07) is 9.18. The summed E-state index contributed by atoms with van der Waals surface area (Å²) in [5.41, 5.74) is 1.38. The summed E-state index contributed by atoms with van der Waals surface area (Å²) in [4.78, 5) is 50.4. The Morgan fingerprint density at radius 3 is 2.60 bits per heavy atom. The number of halogens is 1. The summed E-state index contributed by atoms with van der Waals surface area (Å²) in [6.45, 7) is 4.23. The van der Waals surface area contributed by atoms with Crippen LogP contribution in [-0.4, -0.2) is 40.6 Å². The molecule has 4 rings (SSSR count). The molecule has 2 aromatic rings. The Hall–Kier alpha value is -3.46. The largest absolute Gasteiger partial charge is 0.378 e. The van der Waals surface area contributed by atoms with Crippen LogP contribution in [0.15, 0.2) is 36.4 Å². The van der Waals surface area contributed by atoms with Crippen LogP contribution in [0.1, 0.15) is 42.1 Å². The van der Waals surface area contributed by atoms with E-state index in [4.69, 9.17) is 11.6 Å². The van der Waals surface area contributed by atoms with Crippen molar-refractivity contribution in [1.82, 2.24) is 4.90 Å². The number of imide groups is 1. The molecule has 0 aromatic heterocycles. The molecular formula is C25H27ClN4O5. The molecule has 0 radical (unpaired) electrons. The lowest BCUT2D eigenvalue weighted by atomic mass is 9.76. The number of likely N-dealkylation sites (tertiary alicyclic amines) is 1. The SMILES string of the molecule is Cc1ccc(NC(=O)c2ccc(NCCN3C(=O)C4CCC(C)CC4C3=O)c([N+](=O)[O-])c2)cc1Cl. The maximum Gasteiger partial charge on any atom is 0.293 e. The second-order valence-corrected chi connectivity index (χ2v) is 9.70. The number of fused-ring (bicyclic) bond motifs is 1. The van der Waals surface area contributed by atoms with Gasteiger partial charge in [0.1, 0.15) is 5.69 Å². The first-order chi connectivity index (χ1) is 16.7. The van der Waals surface area contributed by atoms with Crippen LogP contribution in [0.4, 0.5) is 17.1 Å². The topological polar surface area (TPSA) is 122 Å². The maximum atomic E-state index is 12.7. The Morgan fingerprint density at radius 2 is 1.89 bits per heavy atom. The third-order valence-corrected chi connectivity index (χ3v) is 7.22. The Balaban J connectivity index is 1.41. The van der Waals surface area contributed by atoms with Gasteiger partial charge in [-0.3, -0.25) is 29.4 Å². The normalized spacial score (nSPS) is 21.6. The quantitative estimate of drug-likeness (QED) is 0.326. The van der Waals surface area contributed by atoms with E-state index in [2.05, 4.69) is 17.6 Å². The molecule has 35 heavy (non-hydrogen) atoms. The lowest BCUT2D eigenvalue weighted by molar-refractivity contribution is -0.384. The predicted molar refractivity (Wildman–Crippen MR) is 132 cm³/mol. The van der Waals surface area contributed by atoms with Crippen LogP contribution in [0.25, 0.3) is 0 Å². The van der Waals surface area contributed by atoms with Crippen molar-refractivity contribution < 1.29 is 19.3 Å². The third kappa shape index (κ3) is 5.14. The highest BCUT2D eigenvalue weighted by atomic mass is 35.5. The number of aryl methyl sites for hydroxylation is 1. The molecule has 184 valence electrons. The summed E-state index contributed by atoms with van der Waals surface area (Å²) in [5, 5.41) is 17.8. The monoisotopic (exact) mass is 498 g/mol. The average molecular weight is 499 g/mol. The number of nitro benzene ring substituents is 1. The molecule has 0 spiro atoms. The number of hydrogen-bond acceptors (Lipinski definition) is 6. The molecule has 1 aliphatic heterocycles. The Bertz CT molecular complexity index is 1200. The highest BCUT2D eigenvalue weighted by Crippen LogP contribution is 2.40. The molecule has 2 aromatic carbocycles. The van der Waals surface area contributed by atoms with Gasteiger partial charge in [-0.2, -0.15) is 0 Å². The van der Waals surface area contributed by atoms with E-state index in [1.807, 2.05) is 6.92 Å². The predicted octanol–water partition coefficient (Wildman–Crippen LogP) is 4.64. The number of nitrogens with zero attached hydrogens (tertiary/aromatic N) is 2. The number of hydrogen-bond donors (Lipinski definition) is 2. The van der Waals surface area contributed by atoms with E-state index in [0.717, 1.165) is 24.8 Å². The van der Waals surface area contributed by atoms with Crippen molar-refractivity contribution in [2.45, 2.75) is 33.1 Å². The first-order valence-corrected chi connectivity index (χ1v) is 12.0. The summed E-state index contributed by atoms with van der Waals surface area (Å²) >= 11 is 6.09. The van der Waals surface area contributed by atoms with E-state index in [-0.39, 0.29) is 53.7 Å². The second-order valence-electron chi connectivity index (χ2n) is 9.29. The zero-order chi connectivity index (χ0) is 25.3. The van der Waals surface area contributed by atoms with E-state index < -0.39 is 10.8 Å². The van der Waals surface area contributed by atoms with E-state index in [1.54, 1.807) is 18.2 Å². The van der Waals surface area contributed by atoms with Crippen LogP contribution in [0.2, 0.25) is 5.02 Å². The van der Waals surface area contributed by atoms with Crippen molar-refractivity contribution in [3.8, 4) is 0 Å². The fourth-order valence-corrected chi connectivity index (χ4v) is 5.01. The number of carbonyl (C=O) groups is 3. The molecule has 1 aliphatic carbocycles. The fraction of sp³-hybridized carbons (Fsp3) is 0.400. The molecule has 3 amide bonds. The van der Waals surface area contributed by atoms with Crippen LogP contribution in [-0.2, 0) is 9.59 Å². The van der Waals surface area contributed by atoms with Gasteiger partial charge in [-0.25, -0.2) is 0 Å². The number of benzene rings is 2. The van der Waals surface area contributed by atoms with Gasteiger partial charge in [0.05, 0.1) is 16.8 Å². The number of carbonyl (C=O) groups excluding carboxylic acids is 3. The van der Waals surface area contributed by atoms with Gasteiger partial charge in [-0.05, 0) is 61.9 Å². The fourth-order valence-electron chi connectivity index (χ4n) is 4.83. The molecule has 3 unspecified atom stereocenters. The molecule has 3 atom stereocenters. The maximum absolute atomic E-state index is 12.7. The number of rotatable bonds is 7. The van der Waals surface area contributed by atoms with Crippen molar-refractivity contribution in [2.24, 2.45) is 17.8 Å².